The number of rotatable bonds is 11. The van der Waals surface area contributed by atoms with Gasteiger partial charge in [-0.3, -0.25) is 38.0 Å². The van der Waals surface area contributed by atoms with Crippen LogP contribution in [0, 0.1) is 0 Å². The zero-order chi connectivity index (χ0) is 47.2. The molecule has 2 saturated carbocycles. The number of H-pyrrole nitrogens is 2. The van der Waals surface area contributed by atoms with E-state index in [0.717, 1.165) is 48.0 Å². The van der Waals surface area contributed by atoms with E-state index in [1.54, 1.807) is 37.4 Å². The Labute approximate surface area is 405 Å². The van der Waals surface area contributed by atoms with E-state index in [1.165, 1.54) is 0 Å². The first-order valence-corrected chi connectivity index (χ1v) is 21.7. The number of imidazole rings is 1. The minimum atomic E-state index is -0.846. The van der Waals surface area contributed by atoms with Gasteiger partial charge in [0, 0.05) is 35.3 Å². The highest BCUT2D eigenvalue weighted by atomic mass is 35.5. The summed E-state index contributed by atoms with van der Waals surface area (Å²) >= 11 is 30.1. The third-order valence-electron chi connectivity index (χ3n) is 10.9. The third kappa shape index (κ3) is 10.5. The second kappa shape index (κ2) is 19.1. The van der Waals surface area contributed by atoms with Crippen LogP contribution in [0.5, 0.6) is 29.0 Å². The summed E-state index contributed by atoms with van der Waals surface area (Å²) in [6.07, 6.45) is 4.43. The molecule has 3 aliphatic rings. The van der Waals surface area contributed by atoms with Gasteiger partial charge in [0.2, 0.25) is 23.3 Å². The predicted molar refractivity (Wildman–Crippen MR) is 251 cm³/mol. The zero-order valence-corrected chi connectivity index (χ0v) is 38.6. The molecule has 0 spiro atoms. The number of halogens is 5. The molecule has 67 heavy (non-hydrogen) atoms. The molecule has 10 rings (SSSR count). The van der Waals surface area contributed by atoms with Gasteiger partial charge in [0.25, 0.3) is 11.3 Å². The Morgan fingerprint density at radius 2 is 1.31 bits per heavy atom. The molecule has 18 nitrogen and oxygen atoms in total. The fraction of sp³-hybridized carbons (Fsp3) is 0.273. The molecule has 4 heterocycles. The highest BCUT2D eigenvalue weighted by Gasteiger charge is 2.49. The average Bonchev–Trinajstić information content (AvgIpc) is 3.85. The average molecular weight is 1020 g/mol. The van der Waals surface area contributed by atoms with Crippen LogP contribution in [0.2, 0.25) is 20.1 Å². The molecule has 0 bridgehead atoms. The number of aromatic amines is 2. The molecule has 1 amide bonds. The number of nitrogen functional groups attached to an aromatic ring is 1. The number of ketones is 1. The number of nitrogens with two attached hydrogens (primary N) is 1. The van der Waals surface area contributed by atoms with Crippen molar-refractivity contribution in [3.8, 4) is 29.0 Å². The topological polar surface area (TPSA) is 244 Å². The first-order chi connectivity index (χ1) is 31.3. The second-order valence-corrected chi connectivity index (χ2v) is 17.9. The molecule has 0 radical (unpaired) electrons. The Morgan fingerprint density at radius 3 is 1.82 bits per heavy atom. The van der Waals surface area contributed by atoms with Gasteiger partial charge in [-0.05, 0) is 105 Å². The van der Waals surface area contributed by atoms with Crippen LogP contribution >= 0.6 is 58.0 Å². The van der Waals surface area contributed by atoms with Gasteiger partial charge < -0.3 is 24.8 Å². The maximum absolute atomic E-state index is 12.5. The maximum atomic E-state index is 12.5. The minimum Gasteiger partial charge on any atom is -0.468 e. The molecule has 2 aliphatic carbocycles. The van der Waals surface area contributed by atoms with Crippen LogP contribution in [0.3, 0.4) is 0 Å². The Balaban J connectivity index is 0.000000169. The van der Waals surface area contributed by atoms with Crippen molar-refractivity contribution in [3.63, 3.8) is 0 Å². The van der Waals surface area contributed by atoms with Gasteiger partial charge in [0.1, 0.15) is 11.5 Å². The monoisotopic (exact) mass is 1010 g/mol. The molecule has 0 atom stereocenters. The van der Waals surface area contributed by atoms with Gasteiger partial charge in [0.15, 0.2) is 11.5 Å². The Morgan fingerprint density at radius 1 is 0.776 bits per heavy atom. The van der Waals surface area contributed by atoms with Crippen molar-refractivity contribution in [2.45, 2.75) is 70.9 Å². The van der Waals surface area contributed by atoms with Crippen LogP contribution in [-0.2, 0) is 23.2 Å². The predicted octanol–water partition coefficient (Wildman–Crippen LogP) is 9.94. The lowest BCUT2D eigenvalue weighted by atomic mass is 10.1. The fourth-order valence-corrected chi connectivity index (χ4v) is 8.43. The van der Waals surface area contributed by atoms with Crippen molar-refractivity contribution < 1.29 is 37.6 Å². The molecule has 4 aromatic carbocycles. The molecule has 2 fully saturated rings. The highest BCUT2D eigenvalue weighted by molar-refractivity contribution is 6.67. The van der Waals surface area contributed by atoms with Crippen LogP contribution in [-0.4, -0.2) is 59.4 Å². The first kappa shape index (κ1) is 48.6. The molecule has 350 valence electrons. The van der Waals surface area contributed by atoms with Gasteiger partial charge in [-0.1, -0.05) is 70.2 Å². The molecule has 4 N–H and O–H groups in total. The number of nitrogens with zero attached hydrogens (tertiary/aromatic N) is 5. The second-order valence-electron chi connectivity index (χ2n) is 15.9. The van der Waals surface area contributed by atoms with Crippen molar-refractivity contribution in [2.24, 2.45) is 0 Å². The van der Waals surface area contributed by atoms with E-state index in [0.29, 0.717) is 51.0 Å². The summed E-state index contributed by atoms with van der Waals surface area (Å²) in [6, 6.07) is 18.1. The number of amides is 1. The number of ether oxygens (including phenoxy) is 3. The number of carbonyl (C=O) groups is 3. The summed E-state index contributed by atoms with van der Waals surface area (Å²) in [5.41, 5.74) is 10.3. The zero-order valence-electron chi connectivity index (χ0n) is 34.8. The van der Waals surface area contributed by atoms with Crippen LogP contribution in [0.1, 0.15) is 79.3 Å². The molecular formula is C44H39Cl5N8O10. The summed E-state index contributed by atoms with van der Waals surface area (Å²) in [5, 5.41) is 6.69. The number of Topliss-reactive ketones (excluding diaryl/α,β-unsaturated/α-hetero) is 1. The largest absolute Gasteiger partial charge is 0.468 e. The summed E-state index contributed by atoms with van der Waals surface area (Å²) in [6.45, 7) is 4.27. The molecule has 3 aromatic heterocycles. The van der Waals surface area contributed by atoms with Crippen molar-refractivity contribution in [3.05, 3.63) is 125 Å². The first-order valence-electron chi connectivity index (χ1n) is 19.8. The van der Waals surface area contributed by atoms with Crippen molar-refractivity contribution >= 4 is 97.3 Å². The quantitative estimate of drug-likeness (QED) is 0.0620. The number of carbonyl (C=O) groups excluding carboxylic acids is 3. The lowest BCUT2D eigenvalue weighted by molar-refractivity contribution is -0.117. The van der Waals surface area contributed by atoms with Gasteiger partial charge in [-0.2, -0.15) is 4.98 Å². The summed E-state index contributed by atoms with van der Waals surface area (Å²) in [5.74, 6) is -0.664. The van der Waals surface area contributed by atoms with Crippen LogP contribution in [0.4, 0.5) is 11.4 Å². The van der Waals surface area contributed by atoms with Gasteiger partial charge in [-0.25, -0.2) is 9.59 Å². The number of anilines is 2. The summed E-state index contributed by atoms with van der Waals surface area (Å²) in [4.78, 5) is 66.6. The normalized spacial score (nSPS) is 14.7. The van der Waals surface area contributed by atoms with Gasteiger partial charge in [-0.15, -0.1) is 0 Å². The van der Waals surface area contributed by atoms with E-state index < -0.39 is 22.5 Å². The molecule has 0 saturated heterocycles. The van der Waals surface area contributed by atoms with E-state index in [2.05, 4.69) is 47.7 Å². The molecular weight excluding hydrogens is 978 g/mol. The van der Waals surface area contributed by atoms with E-state index in [4.69, 9.17) is 77.9 Å². The Kier molecular flexibility index (Phi) is 13.9. The fourth-order valence-electron chi connectivity index (χ4n) is 7.16. The number of hydrogen-bond donors (Lipinski definition) is 3. The highest BCUT2D eigenvalue weighted by Crippen LogP contribution is 2.50. The number of nitrogens with one attached hydrogen (secondary N) is 2. The van der Waals surface area contributed by atoms with E-state index in [-0.39, 0.29) is 58.3 Å². The summed E-state index contributed by atoms with van der Waals surface area (Å²) < 4.78 is 27.8. The van der Waals surface area contributed by atoms with E-state index in [1.807, 2.05) is 40.2 Å². The number of aromatic nitrogens is 6. The van der Waals surface area contributed by atoms with Crippen LogP contribution in [0.25, 0.3) is 11.0 Å². The van der Waals surface area contributed by atoms with E-state index >= 15 is 0 Å². The van der Waals surface area contributed by atoms with Gasteiger partial charge in [0.05, 0.1) is 50.3 Å². The molecule has 0 unspecified atom stereocenters. The van der Waals surface area contributed by atoms with Crippen LogP contribution < -0.4 is 36.4 Å². The smallest absolute Gasteiger partial charge is 0.439 e. The van der Waals surface area contributed by atoms with Crippen molar-refractivity contribution in [2.75, 3.05) is 17.7 Å². The van der Waals surface area contributed by atoms with Crippen LogP contribution in [0.15, 0.2) is 79.3 Å². The Hall–Kier alpha value is -6.31. The van der Waals surface area contributed by atoms with Crippen molar-refractivity contribution in [1.29, 1.82) is 0 Å². The molecule has 7 aromatic rings. The standard InChI is InChI=1S/C22H17Cl2N3O5.C18H17Cl2N3O2.C3HClN2O3.CH4/c1-22(4-5-22)27-16-10-13(3-2-12(16)9-18(27)29)31-19-14(23)6-11(7-15(19)24)8-17(28)20-25-21(30)32-26-20;1-18(5-6-18)23-15-9-11(3-4-14(15)22-17(23)24-2)25-16-12(19)7-10(21)8-13(16)20;4-1(7)2-5-3(8)9-6-2;/h2-3,6-7,10H,4-5,8-9H2,1H3,(H,25,26,30);3-4,7-9H,5-6,21H2,1-2H3;(H,5,6,8);1H4. The number of benzene rings is 4. The van der Waals surface area contributed by atoms with Crippen molar-refractivity contribution in [1.82, 2.24) is 29.8 Å². The minimum absolute atomic E-state index is 0. The van der Waals surface area contributed by atoms with E-state index in [9.17, 15) is 24.0 Å². The number of hydrogen-bond acceptors (Lipinski definition) is 14. The lowest BCUT2D eigenvalue weighted by Gasteiger charge is -2.25. The van der Waals surface area contributed by atoms with Gasteiger partial charge >= 0.3 is 11.5 Å². The maximum Gasteiger partial charge on any atom is 0.439 e. The third-order valence-corrected chi connectivity index (χ3v) is 12.2. The SMILES string of the molecule is C.CC1(N2C(=O)Cc3ccc(Oc4c(Cl)cc(CC(=O)c5noc(=O)[nH]5)cc4Cl)cc32)CC1.COc1nc2ccc(Oc3c(Cl)cc(N)cc3Cl)cc2n1C1(C)CC1.O=C(Cl)c1noc(=O)[nH]1. The molecule has 23 heteroatoms. The Bertz CT molecular complexity index is 3140. The lowest BCUT2D eigenvalue weighted by Crippen LogP contribution is -2.37. The number of methoxy groups -OCH3 is 1. The molecule has 1 aliphatic heterocycles. The summed E-state index contributed by atoms with van der Waals surface area (Å²) in [7, 11) is 1.63. The number of fused-ring (bicyclic) bond motifs is 2.